The van der Waals surface area contributed by atoms with Gasteiger partial charge in [-0.25, -0.2) is 0 Å². The van der Waals surface area contributed by atoms with E-state index in [1.165, 1.54) is 7.05 Å². The summed E-state index contributed by atoms with van der Waals surface area (Å²) in [4.78, 5) is 12.3. The molecule has 1 amide bonds. The molecule has 0 aromatic heterocycles. The molecule has 102 valence electrons. The largest absolute Gasteiger partial charge is 0.405 e. The molecule has 4 nitrogen and oxygen atoms in total. The van der Waals surface area contributed by atoms with E-state index in [-0.39, 0.29) is 12.5 Å². The lowest BCUT2D eigenvalue weighted by Crippen LogP contribution is -2.51. The number of halogens is 3. The van der Waals surface area contributed by atoms with E-state index >= 15 is 0 Å². The SMILES string of the molecule is CC(C)CNC(=O)CN(C)C(CN)C(F)(F)F. The lowest BCUT2D eigenvalue weighted by Gasteiger charge is -2.28. The van der Waals surface area contributed by atoms with E-state index in [0.29, 0.717) is 6.54 Å². The van der Waals surface area contributed by atoms with E-state index in [1.807, 2.05) is 13.8 Å². The molecule has 0 saturated heterocycles. The molecule has 0 aliphatic carbocycles. The summed E-state index contributed by atoms with van der Waals surface area (Å²) >= 11 is 0. The predicted octanol–water partition coefficient (Wildman–Crippen LogP) is 0.580. The number of likely N-dealkylation sites (N-methyl/N-ethyl adjacent to an activating group) is 1. The predicted molar refractivity (Wildman–Crippen MR) is 59.4 cm³/mol. The number of hydrogen-bond donors (Lipinski definition) is 2. The van der Waals surface area contributed by atoms with Gasteiger partial charge in [0.05, 0.1) is 6.54 Å². The van der Waals surface area contributed by atoms with Crippen LogP contribution in [0.2, 0.25) is 0 Å². The van der Waals surface area contributed by atoms with E-state index in [0.717, 1.165) is 4.90 Å². The first kappa shape index (κ1) is 16.2. The minimum absolute atomic E-state index is 0.261. The summed E-state index contributed by atoms with van der Waals surface area (Å²) in [7, 11) is 1.24. The summed E-state index contributed by atoms with van der Waals surface area (Å²) in [6, 6.07) is -1.78. The molecule has 0 bridgehead atoms. The number of carbonyl (C=O) groups is 1. The topological polar surface area (TPSA) is 58.4 Å². The molecule has 0 heterocycles. The van der Waals surface area contributed by atoms with E-state index in [9.17, 15) is 18.0 Å². The first-order chi connectivity index (χ1) is 7.68. The highest BCUT2D eigenvalue weighted by molar-refractivity contribution is 5.78. The van der Waals surface area contributed by atoms with E-state index in [1.54, 1.807) is 0 Å². The Morgan fingerprint density at radius 3 is 2.29 bits per heavy atom. The maximum absolute atomic E-state index is 12.5. The van der Waals surface area contributed by atoms with Gasteiger partial charge < -0.3 is 11.1 Å². The third kappa shape index (κ3) is 6.48. The van der Waals surface area contributed by atoms with Crippen LogP contribution in [0, 0.1) is 5.92 Å². The van der Waals surface area contributed by atoms with E-state index in [2.05, 4.69) is 5.32 Å². The molecule has 0 saturated carbocycles. The van der Waals surface area contributed by atoms with Crippen LogP contribution in [0.25, 0.3) is 0 Å². The van der Waals surface area contributed by atoms with Gasteiger partial charge in [0.15, 0.2) is 0 Å². The smallest absolute Gasteiger partial charge is 0.355 e. The third-order valence-electron chi connectivity index (χ3n) is 2.23. The van der Waals surface area contributed by atoms with Gasteiger partial charge in [0, 0.05) is 13.1 Å². The molecule has 0 aliphatic rings. The molecule has 0 spiro atoms. The minimum atomic E-state index is -4.41. The van der Waals surface area contributed by atoms with Gasteiger partial charge >= 0.3 is 6.18 Å². The molecule has 0 radical (unpaired) electrons. The van der Waals surface area contributed by atoms with Crippen molar-refractivity contribution in [2.75, 3.05) is 26.7 Å². The molecule has 17 heavy (non-hydrogen) atoms. The van der Waals surface area contributed by atoms with Crippen molar-refractivity contribution in [2.45, 2.75) is 26.1 Å². The number of amides is 1. The van der Waals surface area contributed by atoms with Gasteiger partial charge in [0.2, 0.25) is 5.91 Å². The van der Waals surface area contributed by atoms with Crippen LogP contribution >= 0.6 is 0 Å². The molecule has 0 rings (SSSR count). The second-order valence-electron chi connectivity index (χ2n) is 4.41. The molecule has 1 unspecified atom stereocenters. The Balaban J connectivity index is 4.23. The van der Waals surface area contributed by atoms with Crippen molar-refractivity contribution in [1.82, 2.24) is 10.2 Å². The monoisotopic (exact) mass is 255 g/mol. The van der Waals surface area contributed by atoms with Gasteiger partial charge in [-0.15, -0.1) is 0 Å². The number of nitrogens with zero attached hydrogens (tertiary/aromatic N) is 1. The van der Waals surface area contributed by atoms with Crippen molar-refractivity contribution in [3.8, 4) is 0 Å². The Bertz CT molecular complexity index is 243. The summed E-state index contributed by atoms with van der Waals surface area (Å²) in [5.41, 5.74) is 5.06. The maximum atomic E-state index is 12.5. The van der Waals surface area contributed by atoms with Gasteiger partial charge in [-0.05, 0) is 13.0 Å². The Morgan fingerprint density at radius 1 is 1.41 bits per heavy atom. The molecule has 0 aromatic rings. The molecular weight excluding hydrogens is 235 g/mol. The molecule has 0 aromatic carbocycles. The Hall–Kier alpha value is -0.820. The number of alkyl halides is 3. The molecule has 1 atom stereocenters. The first-order valence-electron chi connectivity index (χ1n) is 5.42. The van der Waals surface area contributed by atoms with Crippen molar-refractivity contribution < 1.29 is 18.0 Å². The van der Waals surface area contributed by atoms with E-state index in [4.69, 9.17) is 5.73 Å². The summed E-state index contributed by atoms with van der Waals surface area (Å²) in [5, 5.41) is 2.55. The number of hydrogen-bond acceptors (Lipinski definition) is 3. The highest BCUT2D eigenvalue weighted by Gasteiger charge is 2.41. The third-order valence-corrected chi connectivity index (χ3v) is 2.23. The van der Waals surface area contributed by atoms with Crippen molar-refractivity contribution in [2.24, 2.45) is 11.7 Å². The second kappa shape index (κ2) is 6.80. The fraction of sp³-hybridized carbons (Fsp3) is 0.900. The van der Waals surface area contributed by atoms with Gasteiger partial charge in [0.25, 0.3) is 0 Å². The highest BCUT2D eigenvalue weighted by Crippen LogP contribution is 2.22. The average Bonchev–Trinajstić information content (AvgIpc) is 2.13. The van der Waals surface area contributed by atoms with Crippen LogP contribution in [0.3, 0.4) is 0 Å². The van der Waals surface area contributed by atoms with Crippen LogP contribution in [0.5, 0.6) is 0 Å². The molecule has 7 heteroatoms. The summed E-state index contributed by atoms with van der Waals surface area (Å²) in [6.07, 6.45) is -4.41. The molecular formula is C10H20F3N3O. The second-order valence-corrected chi connectivity index (χ2v) is 4.41. The molecule has 0 aliphatic heterocycles. The van der Waals surface area contributed by atoms with Crippen LogP contribution in [-0.4, -0.2) is 49.7 Å². The Kier molecular flexibility index (Phi) is 6.48. The van der Waals surface area contributed by atoms with Crippen LogP contribution in [-0.2, 0) is 4.79 Å². The summed E-state index contributed by atoms with van der Waals surface area (Å²) in [5.74, 6) is -0.166. The zero-order valence-corrected chi connectivity index (χ0v) is 10.3. The van der Waals surface area contributed by atoms with Crippen LogP contribution in [0.15, 0.2) is 0 Å². The standard InChI is InChI=1S/C10H20F3N3O/c1-7(2)5-15-9(17)6-16(3)8(4-14)10(11,12)13/h7-8H,4-6,14H2,1-3H3,(H,15,17). The highest BCUT2D eigenvalue weighted by atomic mass is 19.4. The van der Waals surface area contributed by atoms with E-state index < -0.39 is 24.7 Å². The fourth-order valence-electron chi connectivity index (χ4n) is 1.27. The average molecular weight is 255 g/mol. The van der Waals surface area contributed by atoms with Gasteiger partial charge in [-0.2, -0.15) is 13.2 Å². The van der Waals surface area contributed by atoms with Crippen LogP contribution in [0.1, 0.15) is 13.8 Å². The number of rotatable bonds is 6. The van der Waals surface area contributed by atoms with Crippen molar-refractivity contribution >= 4 is 5.91 Å². The summed E-state index contributed by atoms with van der Waals surface area (Å²) in [6.45, 7) is 3.39. The number of nitrogens with one attached hydrogen (secondary N) is 1. The van der Waals surface area contributed by atoms with Crippen LogP contribution in [0.4, 0.5) is 13.2 Å². The zero-order valence-electron chi connectivity index (χ0n) is 10.3. The zero-order chi connectivity index (χ0) is 13.6. The lowest BCUT2D eigenvalue weighted by molar-refractivity contribution is -0.178. The van der Waals surface area contributed by atoms with Crippen molar-refractivity contribution in [1.29, 1.82) is 0 Å². The Morgan fingerprint density at radius 2 is 1.94 bits per heavy atom. The summed E-state index contributed by atoms with van der Waals surface area (Å²) < 4.78 is 37.4. The fourth-order valence-corrected chi connectivity index (χ4v) is 1.27. The van der Waals surface area contributed by atoms with Gasteiger partial charge in [-0.3, -0.25) is 9.69 Å². The van der Waals surface area contributed by atoms with Gasteiger partial charge in [-0.1, -0.05) is 13.8 Å². The quantitative estimate of drug-likeness (QED) is 0.730. The van der Waals surface area contributed by atoms with Crippen LogP contribution < -0.4 is 11.1 Å². The molecule has 3 N–H and O–H groups in total. The van der Waals surface area contributed by atoms with Crippen molar-refractivity contribution in [3.63, 3.8) is 0 Å². The molecule has 0 fully saturated rings. The van der Waals surface area contributed by atoms with Gasteiger partial charge in [0.1, 0.15) is 6.04 Å². The lowest BCUT2D eigenvalue weighted by atomic mass is 10.2. The first-order valence-corrected chi connectivity index (χ1v) is 5.42. The van der Waals surface area contributed by atoms with Crippen molar-refractivity contribution in [3.05, 3.63) is 0 Å². The Labute approximate surface area is 99.3 Å². The number of nitrogens with two attached hydrogens (primary N) is 1. The maximum Gasteiger partial charge on any atom is 0.405 e. The number of carbonyl (C=O) groups excluding carboxylic acids is 1. The normalized spacial score (nSPS) is 14.2. The minimum Gasteiger partial charge on any atom is -0.355 e.